The molecule has 0 aromatic carbocycles. The molecule has 0 amide bonds. The maximum Gasteiger partial charge on any atom is 0.0650 e. The van der Waals surface area contributed by atoms with Gasteiger partial charge in [-0.1, -0.05) is 0 Å². The Labute approximate surface area is 87.7 Å². The van der Waals surface area contributed by atoms with Crippen molar-refractivity contribution in [2.45, 2.75) is 58.2 Å². The molecular formula is C12H24O2. The van der Waals surface area contributed by atoms with E-state index >= 15 is 0 Å². The van der Waals surface area contributed by atoms with Gasteiger partial charge in [0.2, 0.25) is 0 Å². The van der Waals surface area contributed by atoms with E-state index < -0.39 is 0 Å². The fourth-order valence-corrected chi connectivity index (χ4v) is 2.46. The van der Waals surface area contributed by atoms with Gasteiger partial charge in [-0.05, 0) is 58.3 Å². The van der Waals surface area contributed by atoms with E-state index in [-0.39, 0.29) is 11.7 Å². The van der Waals surface area contributed by atoms with Gasteiger partial charge in [0.05, 0.1) is 11.7 Å². The number of ether oxygens (including phenoxy) is 1. The number of hydrogen-bond donors (Lipinski definition) is 1. The lowest BCUT2D eigenvalue weighted by atomic mass is 9.73. The summed E-state index contributed by atoms with van der Waals surface area (Å²) >= 11 is 0. The summed E-state index contributed by atoms with van der Waals surface area (Å²) < 4.78 is 5.51. The van der Waals surface area contributed by atoms with Crippen LogP contribution in [0.3, 0.4) is 0 Å². The molecule has 0 aliphatic heterocycles. The summed E-state index contributed by atoms with van der Waals surface area (Å²) in [6, 6.07) is 0. The fraction of sp³-hybridized carbons (Fsp3) is 1.00. The summed E-state index contributed by atoms with van der Waals surface area (Å²) in [5, 5.41) is 9.49. The quantitative estimate of drug-likeness (QED) is 0.759. The van der Waals surface area contributed by atoms with Crippen LogP contribution in [0.5, 0.6) is 0 Å². The average Bonchev–Trinajstić information content (AvgIpc) is 2.18. The summed E-state index contributed by atoms with van der Waals surface area (Å²) in [5.74, 6) is 1.17. The second-order valence-electron chi connectivity index (χ2n) is 5.16. The van der Waals surface area contributed by atoms with Gasteiger partial charge in [0.25, 0.3) is 0 Å². The molecular weight excluding hydrogens is 176 g/mol. The molecule has 2 heteroatoms. The van der Waals surface area contributed by atoms with Crippen molar-refractivity contribution in [1.29, 1.82) is 0 Å². The zero-order valence-electron chi connectivity index (χ0n) is 9.92. The molecule has 14 heavy (non-hydrogen) atoms. The van der Waals surface area contributed by atoms with E-state index in [0.717, 1.165) is 12.8 Å². The lowest BCUT2D eigenvalue weighted by Crippen LogP contribution is -2.37. The molecule has 0 bridgehead atoms. The van der Waals surface area contributed by atoms with Crippen LogP contribution >= 0.6 is 0 Å². The summed E-state index contributed by atoms with van der Waals surface area (Å²) in [5.41, 5.74) is 0.00363. The molecule has 84 valence electrons. The second-order valence-corrected chi connectivity index (χ2v) is 5.16. The molecule has 0 radical (unpaired) electrons. The molecule has 0 aromatic rings. The smallest absolute Gasteiger partial charge is 0.0650 e. The Morgan fingerprint density at radius 2 is 1.71 bits per heavy atom. The van der Waals surface area contributed by atoms with E-state index in [1.165, 1.54) is 12.8 Å². The van der Waals surface area contributed by atoms with Crippen LogP contribution in [0.1, 0.15) is 46.5 Å². The summed E-state index contributed by atoms with van der Waals surface area (Å²) in [4.78, 5) is 0. The van der Waals surface area contributed by atoms with Crippen molar-refractivity contribution >= 4 is 0 Å². The van der Waals surface area contributed by atoms with Crippen LogP contribution in [0, 0.1) is 11.8 Å². The topological polar surface area (TPSA) is 29.5 Å². The molecule has 1 atom stereocenters. The van der Waals surface area contributed by atoms with Crippen molar-refractivity contribution in [1.82, 2.24) is 0 Å². The predicted octanol–water partition coefficient (Wildman–Crippen LogP) is 2.60. The van der Waals surface area contributed by atoms with Crippen molar-refractivity contribution in [3.8, 4) is 0 Å². The van der Waals surface area contributed by atoms with Gasteiger partial charge in [-0.2, -0.15) is 0 Å². The Balaban J connectivity index is 2.43. The van der Waals surface area contributed by atoms with E-state index in [2.05, 4.69) is 13.8 Å². The fourth-order valence-electron chi connectivity index (χ4n) is 2.46. The van der Waals surface area contributed by atoms with Crippen molar-refractivity contribution in [2.24, 2.45) is 11.8 Å². The lowest BCUT2D eigenvalue weighted by molar-refractivity contribution is -0.0511. The zero-order chi connectivity index (χ0) is 10.8. The first kappa shape index (κ1) is 12.0. The monoisotopic (exact) mass is 200 g/mol. The average molecular weight is 200 g/mol. The summed E-state index contributed by atoms with van der Waals surface area (Å²) in [7, 11) is 1.79. The Morgan fingerprint density at radius 1 is 1.21 bits per heavy atom. The summed E-state index contributed by atoms with van der Waals surface area (Å²) in [6.07, 6.45) is 4.54. The van der Waals surface area contributed by atoms with Gasteiger partial charge in [0.1, 0.15) is 0 Å². The molecule has 0 aromatic heterocycles. The first-order valence-corrected chi connectivity index (χ1v) is 5.70. The number of aliphatic hydroxyl groups is 1. The molecule has 1 aliphatic carbocycles. The second kappa shape index (κ2) is 4.63. The SMILES string of the molecule is COC(C)(C)C1CCC(C(C)O)CC1. The van der Waals surface area contributed by atoms with E-state index in [1.54, 1.807) is 7.11 Å². The van der Waals surface area contributed by atoms with Gasteiger partial charge in [-0.25, -0.2) is 0 Å². The van der Waals surface area contributed by atoms with Crippen molar-refractivity contribution in [2.75, 3.05) is 7.11 Å². The number of methoxy groups -OCH3 is 1. The minimum Gasteiger partial charge on any atom is -0.393 e. The highest BCUT2D eigenvalue weighted by Crippen LogP contribution is 2.37. The maximum atomic E-state index is 9.49. The number of aliphatic hydroxyl groups excluding tert-OH is 1. The van der Waals surface area contributed by atoms with Crippen LogP contribution in [-0.4, -0.2) is 23.9 Å². The van der Waals surface area contributed by atoms with Crippen LogP contribution in [0.25, 0.3) is 0 Å². The first-order valence-electron chi connectivity index (χ1n) is 5.70. The van der Waals surface area contributed by atoms with Gasteiger partial charge in [-0.15, -0.1) is 0 Å². The maximum absolute atomic E-state index is 9.49. The van der Waals surface area contributed by atoms with Crippen molar-refractivity contribution in [3.63, 3.8) is 0 Å². The highest BCUT2D eigenvalue weighted by molar-refractivity contribution is 4.85. The standard InChI is InChI=1S/C12H24O2/c1-9(13)10-5-7-11(8-6-10)12(2,3)14-4/h9-11,13H,5-8H2,1-4H3. The van der Waals surface area contributed by atoms with Gasteiger partial charge in [0.15, 0.2) is 0 Å². The van der Waals surface area contributed by atoms with Gasteiger partial charge < -0.3 is 9.84 Å². The van der Waals surface area contributed by atoms with E-state index in [4.69, 9.17) is 4.74 Å². The Morgan fingerprint density at radius 3 is 2.07 bits per heavy atom. The molecule has 0 saturated heterocycles. The largest absolute Gasteiger partial charge is 0.393 e. The lowest BCUT2D eigenvalue weighted by Gasteiger charge is -2.39. The highest BCUT2D eigenvalue weighted by atomic mass is 16.5. The number of hydrogen-bond acceptors (Lipinski definition) is 2. The van der Waals surface area contributed by atoms with Crippen LogP contribution in [0.2, 0.25) is 0 Å². The minimum absolute atomic E-state index is 0.00363. The normalized spacial score (nSPS) is 31.5. The third kappa shape index (κ3) is 2.71. The van der Waals surface area contributed by atoms with Crippen LogP contribution in [0.4, 0.5) is 0 Å². The van der Waals surface area contributed by atoms with Gasteiger partial charge in [0, 0.05) is 7.11 Å². The third-order valence-corrected chi connectivity index (χ3v) is 3.96. The molecule has 2 nitrogen and oxygen atoms in total. The molecule has 1 saturated carbocycles. The predicted molar refractivity (Wildman–Crippen MR) is 58.2 cm³/mol. The molecule has 0 spiro atoms. The molecule has 1 fully saturated rings. The molecule has 0 heterocycles. The Hall–Kier alpha value is -0.0800. The third-order valence-electron chi connectivity index (χ3n) is 3.96. The van der Waals surface area contributed by atoms with E-state index in [0.29, 0.717) is 11.8 Å². The van der Waals surface area contributed by atoms with Crippen LogP contribution < -0.4 is 0 Å². The number of rotatable bonds is 3. The Bertz CT molecular complexity index is 167. The molecule has 1 rings (SSSR count). The van der Waals surface area contributed by atoms with Crippen LogP contribution in [-0.2, 0) is 4.74 Å². The minimum atomic E-state index is -0.137. The van der Waals surface area contributed by atoms with E-state index in [9.17, 15) is 5.11 Å². The molecule has 1 aliphatic rings. The van der Waals surface area contributed by atoms with E-state index in [1.807, 2.05) is 6.92 Å². The van der Waals surface area contributed by atoms with Crippen LogP contribution in [0.15, 0.2) is 0 Å². The van der Waals surface area contributed by atoms with Crippen molar-refractivity contribution < 1.29 is 9.84 Å². The Kier molecular flexibility index (Phi) is 3.96. The highest BCUT2D eigenvalue weighted by Gasteiger charge is 2.33. The summed E-state index contributed by atoms with van der Waals surface area (Å²) in [6.45, 7) is 6.24. The molecule has 1 unspecified atom stereocenters. The van der Waals surface area contributed by atoms with Gasteiger partial charge >= 0.3 is 0 Å². The first-order chi connectivity index (χ1) is 6.47. The van der Waals surface area contributed by atoms with Crippen molar-refractivity contribution in [3.05, 3.63) is 0 Å². The van der Waals surface area contributed by atoms with Gasteiger partial charge in [-0.3, -0.25) is 0 Å². The zero-order valence-corrected chi connectivity index (χ0v) is 9.92. The molecule has 1 N–H and O–H groups in total.